The lowest BCUT2D eigenvalue weighted by Crippen LogP contribution is -2.45. The van der Waals surface area contributed by atoms with Crippen LogP contribution in [0, 0.1) is 0 Å². The summed E-state index contributed by atoms with van der Waals surface area (Å²) in [6.07, 6.45) is 41.8. The van der Waals surface area contributed by atoms with Gasteiger partial charge in [0.2, 0.25) is 5.91 Å². The van der Waals surface area contributed by atoms with Crippen molar-refractivity contribution in [3.05, 3.63) is 48.6 Å². The largest absolute Gasteiger partial charge is 0.394 e. The Bertz CT molecular complexity index is 652. The molecule has 0 saturated heterocycles. The molecule has 0 aromatic rings. The van der Waals surface area contributed by atoms with E-state index in [1.807, 2.05) is 6.08 Å². The molecule has 0 spiro atoms. The maximum Gasteiger partial charge on any atom is 0.220 e. The minimum atomic E-state index is -0.873. The highest BCUT2D eigenvalue weighted by atomic mass is 16.3. The molecule has 0 saturated carbocycles. The van der Waals surface area contributed by atoms with Crippen LogP contribution in [0.1, 0.15) is 155 Å². The Kier molecular flexibility index (Phi) is 30.6. The molecule has 0 aliphatic carbocycles. The predicted molar refractivity (Wildman–Crippen MR) is 175 cm³/mol. The van der Waals surface area contributed by atoms with Crippen LogP contribution in [0.4, 0.5) is 0 Å². The normalized spacial score (nSPS) is 13.8. The first-order valence-corrected chi connectivity index (χ1v) is 16.9. The highest BCUT2D eigenvalue weighted by molar-refractivity contribution is 5.76. The van der Waals surface area contributed by atoms with Crippen LogP contribution in [0.5, 0.6) is 0 Å². The number of nitrogens with one attached hydrogen (secondary N) is 1. The van der Waals surface area contributed by atoms with E-state index in [2.05, 4.69) is 55.6 Å². The van der Waals surface area contributed by atoms with E-state index in [0.717, 1.165) is 51.4 Å². The molecule has 0 aromatic heterocycles. The zero-order valence-corrected chi connectivity index (χ0v) is 26.3. The average molecular weight is 560 g/mol. The molecule has 232 valence electrons. The van der Waals surface area contributed by atoms with Crippen molar-refractivity contribution in [3.8, 4) is 0 Å². The molecule has 2 unspecified atom stereocenters. The number of aliphatic hydroxyl groups is 2. The van der Waals surface area contributed by atoms with Crippen molar-refractivity contribution in [2.24, 2.45) is 0 Å². The van der Waals surface area contributed by atoms with Crippen LogP contribution in [-0.4, -0.2) is 34.9 Å². The second kappa shape index (κ2) is 31.9. The smallest absolute Gasteiger partial charge is 0.220 e. The van der Waals surface area contributed by atoms with Crippen LogP contribution in [0.3, 0.4) is 0 Å². The summed E-state index contributed by atoms with van der Waals surface area (Å²) in [5.74, 6) is -0.0985. The minimum absolute atomic E-state index is 0.0985. The van der Waals surface area contributed by atoms with Crippen LogP contribution in [0.2, 0.25) is 0 Å². The summed E-state index contributed by atoms with van der Waals surface area (Å²) < 4.78 is 0. The number of unbranched alkanes of at least 4 members (excludes halogenated alkanes) is 16. The summed E-state index contributed by atoms with van der Waals surface area (Å²) in [5.41, 5.74) is 0. The molecule has 0 radical (unpaired) electrons. The van der Waals surface area contributed by atoms with Crippen molar-refractivity contribution in [1.82, 2.24) is 5.32 Å². The summed E-state index contributed by atoms with van der Waals surface area (Å²) in [5, 5.41) is 22.8. The van der Waals surface area contributed by atoms with Crippen molar-refractivity contribution >= 4 is 5.91 Å². The van der Waals surface area contributed by atoms with Crippen LogP contribution in [-0.2, 0) is 4.79 Å². The molecule has 3 N–H and O–H groups in total. The van der Waals surface area contributed by atoms with E-state index >= 15 is 0 Å². The quantitative estimate of drug-likeness (QED) is 0.0631. The molecule has 0 aliphatic rings. The van der Waals surface area contributed by atoms with E-state index in [9.17, 15) is 15.0 Å². The van der Waals surface area contributed by atoms with E-state index in [4.69, 9.17) is 0 Å². The topological polar surface area (TPSA) is 69.6 Å². The predicted octanol–water partition coefficient (Wildman–Crippen LogP) is 9.67. The summed E-state index contributed by atoms with van der Waals surface area (Å²) >= 11 is 0. The standard InChI is InChI=1S/C36H65NO3/c1-3-5-7-9-11-13-15-17-18-20-21-23-25-27-29-31-35(39)34(33-38)37-36(40)32-30-28-26-24-22-19-16-14-12-10-8-6-4-2/h15,17,19,21-23,29,31,34-35,38-39H,3-14,16,18,20,24-28,30,32-33H2,1-2H3,(H,37,40)/b17-15+,22-19-,23-21+,31-29+. The van der Waals surface area contributed by atoms with Crippen LogP contribution < -0.4 is 5.32 Å². The third-order valence-electron chi connectivity index (χ3n) is 7.26. The van der Waals surface area contributed by atoms with Crippen LogP contribution in [0.25, 0.3) is 0 Å². The molecule has 0 aliphatic heterocycles. The Balaban J connectivity index is 3.79. The van der Waals surface area contributed by atoms with E-state index < -0.39 is 12.1 Å². The molecule has 4 nitrogen and oxygen atoms in total. The van der Waals surface area contributed by atoms with E-state index in [1.165, 1.54) is 83.5 Å². The van der Waals surface area contributed by atoms with E-state index in [0.29, 0.717) is 6.42 Å². The fourth-order valence-corrected chi connectivity index (χ4v) is 4.61. The molecule has 1 amide bonds. The van der Waals surface area contributed by atoms with Crippen molar-refractivity contribution in [1.29, 1.82) is 0 Å². The van der Waals surface area contributed by atoms with Gasteiger partial charge in [0.25, 0.3) is 0 Å². The van der Waals surface area contributed by atoms with Crippen molar-refractivity contribution in [3.63, 3.8) is 0 Å². The van der Waals surface area contributed by atoms with E-state index in [1.54, 1.807) is 6.08 Å². The highest BCUT2D eigenvalue weighted by Gasteiger charge is 2.17. The van der Waals surface area contributed by atoms with Crippen LogP contribution >= 0.6 is 0 Å². The molecular weight excluding hydrogens is 494 g/mol. The summed E-state index contributed by atoms with van der Waals surface area (Å²) in [6.45, 7) is 4.23. The fourth-order valence-electron chi connectivity index (χ4n) is 4.61. The number of allylic oxidation sites excluding steroid dienone is 7. The lowest BCUT2D eigenvalue weighted by molar-refractivity contribution is -0.123. The maximum atomic E-state index is 12.2. The molecule has 0 aromatic carbocycles. The van der Waals surface area contributed by atoms with Gasteiger partial charge in [0, 0.05) is 6.42 Å². The number of amides is 1. The van der Waals surface area contributed by atoms with Crippen molar-refractivity contribution in [2.45, 2.75) is 167 Å². The second-order valence-corrected chi connectivity index (χ2v) is 11.2. The third kappa shape index (κ3) is 27.9. The van der Waals surface area contributed by atoms with Gasteiger partial charge in [-0.3, -0.25) is 4.79 Å². The number of hydrogen-bond acceptors (Lipinski definition) is 3. The van der Waals surface area contributed by atoms with Crippen molar-refractivity contribution in [2.75, 3.05) is 6.61 Å². The monoisotopic (exact) mass is 559 g/mol. The highest BCUT2D eigenvalue weighted by Crippen LogP contribution is 2.09. The van der Waals surface area contributed by atoms with Gasteiger partial charge in [-0.1, -0.05) is 127 Å². The van der Waals surface area contributed by atoms with Gasteiger partial charge in [-0.05, 0) is 70.6 Å². The maximum absolute atomic E-state index is 12.2. The van der Waals surface area contributed by atoms with E-state index in [-0.39, 0.29) is 12.5 Å². The Morgan fingerprint density at radius 2 is 0.975 bits per heavy atom. The molecule has 40 heavy (non-hydrogen) atoms. The molecule has 4 heteroatoms. The fraction of sp³-hybridized carbons (Fsp3) is 0.750. The Labute approximate surface area is 248 Å². The Morgan fingerprint density at radius 3 is 1.45 bits per heavy atom. The van der Waals surface area contributed by atoms with Crippen LogP contribution in [0.15, 0.2) is 48.6 Å². The van der Waals surface area contributed by atoms with Gasteiger partial charge in [0.1, 0.15) is 0 Å². The SMILES string of the molecule is CCCCCCC/C=C/CC/C=C/CC/C=C/C(O)C(CO)NC(=O)CCCCC/C=C\CCCCCCCC. The van der Waals surface area contributed by atoms with Gasteiger partial charge in [-0.15, -0.1) is 0 Å². The summed E-state index contributed by atoms with van der Waals surface area (Å²) in [7, 11) is 0. The van der Waals surface area contributed by atoms with Gasteiger partial charge >= 0.3 is 0 Å². The minimum Gasteiger partial charge on any atom is -0.394 e. The van der Waals surface area contributed by atoms with Gasteiger partial charge in [-0.25, -0.2) is 0 Å². The average Bonchev–Trinajstić information content (AvgIpc) is 2.96. The molecule has 0 heterocycles. The number of hydrogen-bond donors (Lipinski definition) is 3. The van der Waals surface area contributed by atoms with Gasteiger partial charge < -0.3 is 15.5 Å². The zero-order chi connectivity index (χ0) is 29.4. The molecule has 0 rings (SSSR count). The third-order valence-corrected chi connectivity index (χ3v) is 7.26. The van der Waals surface area contributed by atoms with Gasteiger partial charge in [0.15, 0.2) is 0 Å². The lowest BCUT2D eigenvalue weighted by Gasteiger charge is -2.19. The number of rotatable bonds is 29. The zero-order valence-electron chi connectivity index (χ0n) is 26.3. The molecule has 0 bridgehead atoms. The first-order valence-electron chi connectivity index (χ1n) is 16.9. The number of carbonyl (C=O) groups excluding carboxylic acids is 1. The molecular formula is C36H65NO3. The number of aliphatic hydroxyl groups excluding tert-OH is 2. The van der Waals surface area contributed by atoms with Crippen molar-refractivity contribution < 1.29 is 15.0 Å². The Morgan fingerprint density at radius 1 is 0.575 bits per heavy atom. The first-order chi connectivity index (χ1) is 19.7. The second-order valence-electron chi connectivity index (χ2n) is 11.2. The van der Waals surface area contributed by atoms with Gasteiger partial charge in [0.05, 0.1) is 18.8 Å². The lowest BCUT2D eigenvalue weighted by atomic mass is 10.1. The number of carbonyl (C=O) groups is 1. The first kappa shape index (κ1) is 38.4. The summed E-state index contributed by atoms with van der Waals surface area (Å²) in [4.78, 5) is 12.2. The van der Waals surface area contributed by atoms with Gasteiger partial charge in [-0.2, -0.15) is 0 Å². The molecule has 2 atom stereocenters. The summed E-state index contributed by atoms with van der Waals surface area (Å²) in [6, 6.07) is -0.650. The molecule has 0 fully saturated rings. The Hall–Kier alpha value is -1.65.